The third kappa shape index (κ3) is 2.15. The van der Waals surface area contributed by atoms with Crippen LogP contribution in [0.15, 0.2) is 11.1 Å². The van der Waals surface area contributed by atoms with E-state index in [2.05, 4.69) is 0 Å². The van der Waals surface area contributed by atoms with Crippen LogP contribution < -0.4 is 5.73 Å². The second-order valence-corrected chi connectivity index (χ2v) is 2.94. The Morgan fingerprint density at radius 2 is 1.91 bits per heavy atom. The molecular formula is C9H14NO. The van der Waals surface area contributed by atoms with Crippen LogP contribution in [-0.4, -0.2) is 12.8 Å². The van der Waals surface area contributed by atoms with E-state index in [9.17, 15) is 4.79 Å². The zero-order valence-corrected chi connectivity index (χ0v) is 6.73. The Hall–Kier alpha value is -0.630. The van der Waals surface area contributed by atoms with Gasteiger partial charge in [0.15, 0.2) is 0 Å². The summed E-state index contributed by atoms with van der Waals surface area (Å²) in [6.45, 7) is 0.622. The zero-order chi connectivity index (χ0) is 8.10. The Kier molecular flexibility index (Phi) is 3.30. The first-order valence-corrected chi connectivity index (χ1v) is 4.13. The smallest absolute Gasteiger partial charge is 0.202 e. The van der Waals surface area contributed by atoms with E-state index in [1.165, 1.54) is 24.0 Å². The largest absolute Gasteiger partial charge is 0.327 e. The lowest BCUT2D eigenvalue weighted by molar-refractivity contribution is 0.551. The lowest BCUT2D eigenvalue weighted by atomic mass is 9.90. The predicted octanol–water partition coefficient (Wildman–Crippen LogP) is 1.32. The fourth-order valence-corrected chi connectivity index (χ4v) is 1.58. The molecule has 0 atom stereocenters. The van der Waals surface area contributed by atoms with Crippen molar-refractivity contribution in [3.8, 4) is 0 Å². The van der Waals surface area contributed by atoms with Gasteiger partial charge in [0, 0.05) is 13.0 Å². The molecule has 2 nitrogen and oxygen atoms in total. The minimum absolute atomic E-state index is 0.479. The number of hydrogen-bond donors (Lipinski definition) is 1. The van der Waals surface area contributed by atoms with Crippen molar-refractivity contribution in [1.29, 1.82) is 0 Å². The van der Waals surface area contributed by atoms with Gasteiger partial charge in [-0.25, -0.2) is 0 Å². The highest BCUT2D eigenvalue weighted by atomic mass is 16.1. The topological polar surface area (TPSA) is 43.1 Å². The SMILES string of the molecule is NCC1=C(C[C]=O)CCCC1. The molecule has 0 unspecified atom stereocenters. The van der Waals surface area contributed by atoms with Crippen molar-refractivity contribution in [2.45, 2.75) is 32.1 Å². The molecule has 0 spiro atoms. The van der Waals surface area contributed by atoms with Gasteiger partial charge < -0.3 is 5.73 Å². The summed E-state index contributed by atoms with van der Waals surface area (Å²) in [4.78, 5) is 10.1. The van der Waals surface area contributed by atoms with E-state index < -0.39 is 0 Å². The Morgan fingerprint density at radius 1 is 1.27 bits per heavy atom. The molecular weight excluding hydrogens is 138 g/mol. The maximum absolute atomic E-state index is 10.1. The first-order valence-electron chi connectivity index (χ1n) is 4.13. The van der Waals surface area contributed by atoms with Crippen molar-refractivity contribution in [3.05, 3.63) is 11.1 Å². The summed E-state index contributed by atoms with van der Waals surface area (Å²) in [6, 6.07) is 0. The predicted molar refractivity (Wildman–Crippen MR) is 44.9 cm³/mol. The van der Waals surface area contributed by atoms with Crippen LogP contribution in [0.2, 0.25) is 0 Å². The van der Waals surface area contributed by atoms with Crippen molar-refractivity contribution in [1.82, 2.24) is 0 Å². The number of hydrogen-bond acceptors (Lipinski definition) is 2. The van der Waals surface area contributed by atoms with Gasteiger partial charge in [0.1, 0.15) is 0 Å². The van der Waals surface area contributed by atoms with Crippen LogP contribution in [0.5, 0.6) is 0 Å². The third-order valence-electron chi connectivity index (χ3n) is 2.24. The molecule has 0 heterocycles. The van der Waals surface area contributed by atoms with Crippen LogP contribution in [0.4, 0.5) is 0 Å². The Labute approximate surface area is 67.5 Å². The minimum Gasteiger partial charge on any atom is -0.327 e. The average Bonchev–Trinajstić information content (AvgIpc) is 2.06. The van der Waals surface area contributed by atoms with Gasteiger partial charge in [0.2, 0.25) is 6.29 Å². The molecule has 2 N–H and O–H groups in total. The van der Waals surface area contributed by atoms with Gasteiger partial charge in [-0.3, -0.25) is 4.79 Å². The van der Waals surface area contributed by atoms with Crippen LogP contribution in [0.1, 0.15) is 32.1 Å². The van der Waals surface area contributed by atoms with E-state index in [0.29, 0.717) is 13.0 Å². The van der Waals surface area contributed by atoms with Crippen molar-refractivity contribution in [3.63, 3.8) is 0 Å². The molecule has 0 aliphatic heterocycles. The molecule has 0 aromatic heterocycles. The number of rotatable bonds is 3. The average molecular weight is 152 g/mol. The number of nitrogens with two attached hydrogens (primary N) is 1. The van der Waals surface area contributed by atoms with Crippen molar-refractivity contribution >= 4 is 6.29 Å². The second kappa shape index (κ2) is 4.29. The van der Waals surface area contributed by atoms with E-state index in [0.717, 1.165) is 12.8 Å². The normalized spacial score (nSPS) is 18.6. The minimum atomic E-state index is 0.479. The first kappa shape index (κ1) is 8.47. The summed E-state index contributed by atoms with van der Waals surface area (Å²) in [6.07, 6.45) is 7.00. The third-order valence-corrected chi connectivity index (χ3v) is 2.24. The summed E-state index contributed by atoms with van der Waals surface area (Å²) < 4.78 is 0. The highest BCUT2D eigenvalue weighted by molar-refractivity contribution is 5.56. The molecule has 0 amide bonds. The van der Waals surface area contributed by atoms with Gasteiger partial charge in [0.05, 0.1) is 0 Å². The lowest BCUT2D eigenvalue weighted by Crippen LogP contribution is -2.10. The molecule has 1 aliphatic carbocycles. The molecule has 0 bridgehead atoms. The fourth-order valence-electron chi connectivity index (χ4n) is 1.58. The summed E-state index contributed by atoms with van der Waals surface area (Å²) in [7, 11) is 0. The maximum Gasteiger partial charge on any atom is 0.202 e. The molecule has 1 aliphatic rings. The van der Waals surface area contributed by atoms with Gasteiger partial charge in [-0.15, -0.1) is 0 Å². The quantitative estimate of drug-likeness (QED) is 0.620. The van der Waals surface area contributed by atoms with Crippen molar-refractivity contribution in [2.75, 3.05) is 6.54 Å². The molecule has 0 aromatic rings. The molecule has 61 valence electrons. The monoisotopic (exact) mass is 152 g/mol. The molecule has 1 rings (SSSR count). The highest BCUT2D eigenvalue weighted by Crippen LogP contribution is 2.25. The van der Waals surface area contributed by atoms with Gasteiger partial charge in [0.25, 0.3) is 0 Å². The molecule has 0 fully saturated rings. The number of carbonyl (C=O) groups excluding carboxylic acids is 1. The van der Waals surface area contributed by atoms with Crippen molar-refractivity contribution in [2.24, 2.45) is 5.73 Å². The van der Waals surface area contributed by atoms with Crippen LogP contribution in [-0.2, 0) is 4.79 Å². The standard InChI is InChI=1S/C9H14NO/c10-7-9-4-2-1-3-8(9)5-6-11/h1-5,7,10H2. The second-order valence-electron chi connectivity index (χ2n) is 2.94. The Bertz CT molecular complexity index is 172. The summed E-state index contributed by atoms with van der Waals surface area (Å²) >= 11 is 0. The van der Waals surface area contributed by atoms with E-state index in [1.54, 1.807) is 0 Å². The van der Waals surface area contributed by atoms with E-state index >= 15 is 0 Å². The van der Waals surface area contributed by atoms with Gasteiger partial charge in [-0.1, -0.05) is 11.1 Å². The Morgan fingerprint density at radius 3 is 2.45 bits per heavy atom. The van der Waals surface area contributed by atoms with E-state index in [-0.39, 0.29) is 0 Å². The summed E-state index contributed by atoms with van der Waals surface area (Å²) in [5.41, 5.74) is 8.07. The zero-order valence-electron chi connectivity index (χ0n) is 6.73. The number of allylic oxidation sites excluding steroid dienone is 1. The highest BCUT2D eigenvalue weighted by Gasteiger charge is 2.10. The molecule has 0 saturated heterocycles. The van der Waals surface area contributed by atoms with Crippen molar-refractivity contribution < 1.29 is 4.79 Å². The van der Waals surface area contributed by atoms with Crippen LogP contribution >= 0.6 is 0 Å². The lowest BCUT2D eigenvalue weighted by Gasteiger charge is -2.17. The molecule has 0 aromatic carbocycles. The Balaban J connectivity index is 2.64. The van der Waals surface area contributed by atoms with Gasteiger partial charge in [-0.2, -0.15) is 0 Å². The maximum atomic E-state index is 10.1. The fraction of sp³-hybridized carbons (Fsp3) is 0.667. The van der Waals surface area contributed by atoms with Gasteiger partial charge in [-0.05, 0) is 25.7 Å². The summed E-state index contributed by atoms with van der Waals surface area (Å²) in [5.74, 6) is 0. The molecule has 1 radical (unpaired) electrons. The molecule has 0 saturated carbocycles. The molecule has 2 heteroatoms. The van der Waals surface area contributed by atoms with E-state index in [1.807, 2.05) is 6.29 Å². The van der Waals surface area contributed by atoms with E-state index in [4.69, 9.17) is 5.73 Å². The van der Waals surface area contributed by atoms with Crippen LogP contribution in [0.3, 0.4) is 0 Å². The van der Waals surface area contributed by atoms with Gasteiger partial charge >= 0.3 is 0 Å². The molecule has 11 heavy (non-hydrogen) atoms. The first-order chi connectivity index (χ1) is 5.38. The van der Waals surface area contributed by atoms with Crippen LogP contribution in [0.25, 0.3) is 0 Å². The summed E-state index contributed by atoms with van der Waals surface area (Å²) in [5, 5.41) is 0. The van der Waals surface area contributed by atoms with Crippen LogP contribution in [0, 0.1) is 0 Å².